The molecule has 0 aromatic heterocycles. The highest BCUT2D eigenvalue weighted by atomic mass is 19.1. The predicted octanol–water partition coefficient (Wildman–Crippen LogP) is 4.83. The Bertz CT molecular complexity index is 918. The lowest BCUT2D eigenvalue weighted by Crippen LogP contribution is -2.32. The molecule has 0 amide bonds. The van der Waals surface area contributed by atoms with Crippen molar-refractivity contribution in [3.8, 4) is 11.5 Å². The van der Waals surface area contributed by atoms with E-state index in [9.17, 15) is 24.2 Å². The minimum absolute atomic E-state index is 0. The van der Waals surface area contributed by atoms with Crippen LogP contribution in [0.2, 0.25) is 0 Å². The summed E-state index contributed by atoms with van der Waals surface area (Å²) in [6.45, 7) is 11.6. The molecule has 2 aromatic rings. The van der Waals surface area contributed by atoms with Crippen molar-refractivity contribution in [2.45, 2.75) is 72.8 Å². The van der Waals surface area contributed by atoms with Crippen LogP contribution in [0.1, 0.15) is 62.4 Å². The monoisotopic (exact) mass is 539 g/mol. The molecule has 7 N–H and O–H groups in total. The molecule has 1 saturated heterocycles. The number of carbonyl (C=O) groups is 2. The smallest absolute Gasteiger partial charge is 0.320 e. The number of carboxylic acids is 2. The van der Waals surface area contributed by atoms with Gasteiger partial charge in [-0.05, 0) is 124 Å². The molecule has 0 spiro atoms. The maximum Gasteiger partial charge on any atom is 0.320 e. The minimum atomic E-state index is -1.01. The summed E-state index contributed by atoms with van der Waals surface area (Å²) in [7, 11) is -1.00. The Morgan fingerprint density at radius 2 is 1.26 bits per heavy atom. The van der Waals surface area contributed by atoms with Crippen molar-refractivity contribution in [2.75, 3.05) is 20.2 Å². The molecule has 9 heteroatoms. The average molecular weight is 540 g/mol. The molecule has 0 radical (unpaired) electrons. The molecule has 2 aromatic carbocycles. The van der Waals surface area contributed by atoms with Gasteiger partial charge in [0.25, 0.3) is 0 Å². The molecule has 38 heavy (non-hydrogen) atoms. The van der Waals surface area contributed by atoms with Gasteiger partial charge in [0.2, 0.25) is 0 Å². The summed E-state index contributed by atoms with van der Waals surface area (Å²) in [6.07, 6.45) is 5.01. The summed E-state index contributed by atoms with van der Waals surface area (Å²) in [5, 5.41) is 39.5. The Labute approximate surface area is 228 Å². The number of aromatic hydroxyl groups is 2. The summed E-state index contributed by atoms with van der Waals surface area (Å²) in [6, 6.07) is 5.65. The number of hydrogen-bond acceptors (Lipinski definition) is 6. The van der Waals surface area contributed by atoms with Crippen molar-refractivity contribution in [3.05, 3.63) is 57.6 Å². The fourth-order valence-electron chi connectivity index (χ4n) is 4.09. The number of halogens is 1. The summed E-state index contributed by atoms with van der Waals surface area (Å²) in [5.41, 5.74) is 11.0. The molecule has 2 unspecified atom stereocenters. The fraction of sp³-hybridized carbons (Fsp3) is 0.517. The lowest BCUT2D eigenvalue weighted by molar-refractivity contribution is -0.141. The second-order valence-corrected chi connectivity index (χ2v) is 9.52. The average Bonchev–Trinajstić information content (AvgIpc) is 2.85. The van der Waals surface area contributed by atoms with Crippen LogP contribution >= 0.6 is 0 Å². The maximum atomic E-state index is 10.7. The summed E-state index contributed by atoms with van der Waals surface area (Å²) < 4.78 is 15.5. The van der Waals surface area contributed by atoms with Crippen LogP contribution in [0.5, 0.6) is 11.5 Å². The van der Waals surface area contributed by atoms with Crippen molar-refractivity contribution in [1.82, 2.24) is 5.32 Å². The van der Waals surface area contributed by atoms with Gasteiger partial charge in [-0.3, -0.25) is 14.0 Å². The first-order valence-electron chi connectivity index (χ1n) is 13.3. The molecule has 1 aliphatic heterocycles. The molecule has 0 saturated carbocycles. The van der Waals surface area contributed by atoms with Crippen molar-refractivity contribution in [3.63, 3.8) is 0 Å². The standard InChI is InChI=1S/C12H16O3.C11H15NO3.C5H11N.CH3F.H2/c1-7-4-10(13)5-8(2)11(7)6-9(3)12(14)15;1-6-3-8(13)4-7(2)9(6)5-10(12)11(14)15;1-2-4-6-5-3-1;1-2;/h4-5,9,13H,6H2,1-3H3,(H,14,15);3-4,10,13H,5,12H2,1-2H3,(H,14,15);6H,1-5H2;1H3;1H/i;;;1D;. The van der Waals surface area contributed by atoms with Gasteiger partial charge in [-0.15, -0.1) is 0 Å². The quantitative estimate of drug-likeness (QED) is 0.305. The number of phenols is 2. The first-order chi connectivity index (χ1) is 18.2. The third kappa shape index (κ3) is 12.9. The Kier molecular flexibility index (Phi) is 15.7. The van der Waals surface area contributed by atoms with E-state index in [1.165, 1.54) is 32.4 Å². The zero-order valence-electron chi connectivity index (χ0n) is 24.2. The van der Waals surface area contributed by atoms with E-state index in [0.717, 1.165) is 33.4 Å². The van der Waals surface area contributed by atoms with Gasteiger partial charge in [0.15, 0.2) is 0 Å². The van der Waals surface area contributed by atoms with Gasteiger partial charge in [0.05, 0.1) is 14.4 Å². The number of aryl methyl sites for hydroxylation is 4. The maximum absolute atomic E-state index is 10.7. The van der Waals surface area contributed by atoms with Crippen LogP contribution in [0.3, 0.4) is 0 Å². The van der Waals surface area contributed by atoms with Gasteiger partial charge in [0, 0.05) is 1.43 Å². The number of aliphatic carboxylic acids is 2. The number of phenolic OH excluding ortho intramolecular Hbond substituents is 2. The molecule has 0 aliphatic carbocycles. The molecule has 8 nitrogen and oxygen atoms in total. The molecular weight excluding hydrogens is 491 g/mol. The Morgan fingerprint density at radius 3 is 1.53 bits per heavy atom. The highest BCUT2D eigenvalue weighted by molar-refractivity contribution is 5.73. The number of piperidine rings is 1. The molecule has 1 fully saturated rings. The van der Waals surface area contributed by atoms with Crippen LogP contribution in [0, 0.1) is 33.6 Å². The van der Waals surface area contributed by atoms with E-state index < -0.39 is 31.1 Å². The van der Waals surface area contributed by atoms with Crippen LogP contribution in [0.15, 0.2) is 24.3 Å². The molecule has 3 rings (SSSR count). The van der Waals surface area contributed by atoms with Crippen LogP contribution in [0.25, 0.3) is 0 Å². The van der Waals surface area contributed by atoms with Crippen molar-refractivity contribution >= 4 is 11.9 Å². The molecule has 0 bridgehead atoms. The van der Waals surface area contributed by atoms with Gasteiger partial charge in [-0.2, -0.15) is 0 Å². The third-order valence-electron chi connectivity index (χ3n) is 6.24. The zero-order valence-corrected chi connectivity index (χ0v) is 23.2. The van der Waals surface area contributed by atoms with Crippen LogP contribution < -0.4 is 11.1 Å². The zero-order chi connectivity index (χ0) is 30.1. The number of rotatable bonds is 6. The van der Waals surface area contributed by atoms with Crippen molar-refractivity contribution < 1.29 is 37.2 Å². The summed E-state index contributed by atoms with van der Waals surface area (Å²) in [5.74, 6) is -1.77. The summed E-state index contributed by atoms with van der Waals surface area (Å²) in [4.78, 5) is 21.4. The minimum Gasteiger partial charge on any atom is -0.508 e. The number of alkyl halides is 1. The normalized spacial score (nSPS) is 14.1. The van der Waals surface area contributed by atoms with E-state index in [4.69, 9.17) is 17.3 Å². The van der Waals surface area contributed by atoms with E-state index >= 15 is 0 Å². The van der Waals surface area contributed by atoms with E-state index in [0.29, 0.717) is 6.42 Å². The number of carboxylic acid groups (broad SMARTS) is 2. The van der Waals surface area contributed by atoms with Gasteiger partial charge in [-0.1, -0.05) is 13.3 Å². The van der Waals surface area contributed by atoms with Gasteiger partial charge in [0.1, 0.15) is 17.5 Å². The van der Waals surface area contributed by atoms with Crippen LogP contribution in [0.4, 0.5) is 4.39 Å². The fourth-order valence-corrected chi connectivity index (χ4v) is 4.09. The van der Waals surface area contributed by atoms with Gasteiger partial charge in [-0.25, -0.2) is 0 Å². The van der Waals surface area contributed by atoms with Gasteiger partial charge < -0.3 is 31.5 Å². The highest BCUT2D eigenvalue weighted by Crippen LogP contribution is 2.23. The third-order valence-corrected chi connectivity index (χ3v) is 6.24. The molecule has 1 heterocycles. The molecule has 1 aliphatic rings. The second kappa shape index (κ2) is 18.1. The van der Waals surface area contributed by atoms with Gasteiger partial charge >= 0.3 is 11.9 Å². The SMILES string of the molecule is C1CCNCC1.Cc1cc(O)cc(C)c1CC(C)C(=O)O.Cc1cc(O)cc(C)c1CC(N)C(=O)O.[2H]CF.[HH]. The first kappa shape index (κ1) is 32.9. The second-order valence-electron chi connectivity index (χ2n) is 9.52. The number of benzene rings is 2. The molecule has 216 valence electrons. The van der Waals surface area contributed by atoms with E-state index in [1.54, 1.807) is 31.2 Å². The number of hydrogen-bond donors (Lipinski definition) is 6. The van der Waals surface area contributed by atoms with E-state index in [-0.39, 0.29) is 19.3 Å². The number of nitrogens with one attached hydrogen (secondary N) is 1. The van der Waals surface area contributed by atoms with E-state index in [2.05, 4.69) is 5.32 Å². The summed E-state index contributed by atoms with van der Waals surface area (Å²) >= 11 is 0. The number of nitrogens with two attached hydrogens (primary N) is 1. The first-order valence-corrected chi connectivity index (χ1v) is 12.6. The topological polar surface area (TPSA) is 153 Å². The highest BCUT2D eigenvalue weighted by Gasteiger charge is 2.16. The Balaban J connectivity index is 0. The van der Waals surface area contributed by atoms with E-state index in [1.807, 2.05) is 27.7 Å². The Morgan fingerprint density at radius 1 is 0.895 bits per heavy atom. The lowest BCUT2D eigenvalue weighted by Gasteiger charge is -2.12. The predicted molar refractivity (Wildman–Crippen MR) is 151 cm³/mol. The van der Waals surface area contributed by atoms with Crippen molar-refractivity contribution in [2.24, 2.45) is 11.7 Å². The molecular formula is C29H47FN2O6. The van der Waals surface area contributed by atoms with Crippen LogP contribution in [-0.4, -0.2) is 58.6 Å². The largest absolute Gasteiger partial charge is 0.508 e. The van der Waals surface area contributed by atoms with Crippen molar-refractivity contribution in [1.29, 1.82) is 0 Å². The Hall–Kier alpha value is -3.17. The lowest BCUT2D eigenvalue weighted by atomic mass is 9.93. The molecule has 2 atom stereocenters. The van der Waals surface area contributed by atoms with Crippen LogP contribution in [-0.2, 0) is 22.4 Å².